The Hall–Kier alpha value is -3.67. The van der Waals surface area contributed by atoms with Gasteiger partial charge in [-0.2, -0.15) is 0 Å². The smallest absolute Gasteiger partial charge is 0.231 e. The third-order valence-corrected chi connectivity index (χ3v) is 12.5. The number of rotatable bonds is 1. The summed E-state index contributed by atoms with van der Waals surface area (Å²) in [6.07, 6.45) is 12.1. The molecule has 6 heterocycles. The Morgan fingerprint density at radius 2 is 1.11 bits per heavy atom. The molecule has 0 bridgehead atoms. The summed E-state index contributed by atoms with van der Waals surface area (Å²) in [6, 6.07) is 21.7. The molecule has 302 valence electrons. The van der Waals surface area contributed by atoms with Crippen LogP contribution in [0.1, 0.15) is 114 Å². The van der Waals surface area contributed by atoms with Crippen molar-refractivity contribution in [2.24, 2.45) is 0 Å². The fraction of sp³-hybridized carbons (Fsp3) is 0.520. The summed E-state index contributed by atoms with van der Waals surface area (Å²) in [4.78, 5) is 0. The van der Waals surface area contributed by atoms with Gasteiger partial charge in [-0.25, -0.2) is 4.57 Å². The lowest BCUT2D eigenvalue weighted by atomic mass is 9.68. The average molecular weight is 752 g/mol. The SMILES string of the molecule is C.C.CC[n+]1ccccc1.Cc1cc2c3c(c1)C(C)(C)CC[N+]3(C)CCC2(C)C.Cc1cc2c3c(c1)CCC[N+]3(C)CCC2.Cc1ccc2c(c1)OCO2.[CH3-]. The molecule has 9 rings (SSSR count). The molecule has 5 aliphatic heterocycles. The highest BCUT2D eigenvalue weighted by Gasteiger charge is 2.48. The molecular formula is C50H77N3O2+2. The number of quaternary nitrogens is 2. The molecule has 0 fully saturated rings. The second-order valence-electron chi connectivity index (χ2n) is 17.9. The van der Waals surface area contributed by atoms with E-state index < -0.39 is 0 Å². The highest BCUT2D eigenvalue weighted by molar-refractivity contribution is 5.66. The van der Waals surface area contributed by atoms with Crippen LogP contribution >= 0.6 is 0 Å². The van der Waals surface area contributed by atoms with Crippen molar-refractivity contribution in [2.75, 3.05) is 47.1 Å². The van der Waals surface area contributed by atoms with E-state index in [4.69, 9.17) is 9.47 Å². The lowest BCUT2D eigenvalue weighted by Crippen LogP contribution is -2.57. The van der Waals surface area contributed by atoms with Crippen molar-refractivity contribution in [2.45, 2.75) is 126 Å². The van der Waals surface area contributed by atoms with E-state index in [1.807, 2.05) is 43.3 Å². The van der Waals surface area contributed by atoms with E-state index in [0.29, 0.717) is 17.6 Å². The van der Waals surface area contributed by atoms with Crippen LogP contribution in [0.4, 0.5) is 11.4 Å². The minimum atomic E-state index is 0. The summed E-state index contributed by atoms with van der Waals surface area (Å²) < 4.78 is 14.8. The highest BCUT2D eigenvalue weighted by Crippen LogP contribution is 2.52. The first-order valence-electron chi connectivity index (χ1n) is 19.9. The lowest BCUT2D eigenvalue weighted by Gasteiger charge is -2.51. The van der Waals surface area contributed by atoms with E-state index in [9.17, 15) is 0 Å². The summed E-state index contributed by atoms with van der Waals surface area (Å²) >= 11 is 0. The number of benzene rings is 3. The predicted molar refractivity (Wildman–Crippen MR) is 239 cm³/mol. The van der Waals surface area contributed by atoms with Crippen molar-refractivity contribution >= 4 is 11.4 Å². The monoisotopic (exact) mass is 752 g/mol. The molecule has 0 saturated heterocycles. The molecule has 0 saturated carbocycles. The van der Waals surface area contributed by atoms with E-state index in [1.165, 1.54) is 85.9 Å². The third kappa shape index (κ3) is 9.84. The summed E-state index contributed by atoms with van der Waals surface area (Å²) in [7, 11) is 4.87. The predicted octanol–water partition coefficient (Wildman–Crippen LogP) is 11.6. The first kappa shape index (κ1) is 45.7. The van der Waals surface area contributed by atoms with Gasteiger partial charge in [-0.05, 0) is 70.4 Å². The van der Waals surface area contributed by atoms with Crippen LogP contribution in [-0.4, -0.2) is 47.1 Å². The van der Waals surface area contributed by atoms with E-state index in [2.05, 4.69) is 104 Å². The lowest BCUT2D eigenvalue weighted by molar-refractivity contribution is -0.693. The fourth-order valence-electron chi connectivity index (χ4n) is 9.28. The zero-order valence-corrected chi connectivity index (χ0v) is 35.1. The van der Waals surface area contributed by atoms with Gasteiger partial charge in [-0.3, -0.25) is 8.97 Å². The maximum atomic E-state index is 5.16. The number of fused-ring (bicyclic) bond motifs is 1. The highest BCUT2D eigenvalue weighted by atomic mass is 16.7. The molecule has 3 aromatic carbocycles. The number of aryl methyl sites for hydroxylation is 6. The molecule has 5 nitrogen and oxygen atoms in total. The van der Waals surface area contributed by atoms with Crippen molar-refractivity contribution < 1.29 is 14.0 Å². The molecule has 0 N–H and O–H groups in total. The topological polar surface area (TPSA) is 22.3 Å². The zero-order valence-electron chi connectivity index (χ0n) is 35.1. The van der Waals surface area contributed by atoms with Crippen LogP contribution < -0.4 is 23.0 Å². The van der Waals surface area contributed by atoms with E-state index in [1.54, 1.807) is 33.6 Å². The summed E-state index contributed by atoms with van der Waals surface area (Å²) in [5, 5.41) is 0. The zero-order chi connectivity index (χ0) is 37.3. The van der Waals surface area contributed by atoms with Gasteiger partial charge in [-0.15, -0.1) is 0 Å². The Bertz CT molecular complexity index is 1800. The second-order valence-corrected chi connectivity index (χ2v) is 17.9. The first-order valence-corrected chi connectivity index (χ1v) is 19.9. The van der Waals surface area contributed by atoms with Crippen molar-refractivity contribution in [3.05, 3.63) is 119 Å². The average Bonchev–Trinajstić information content (AvgIpc) is 3.58. The van der Waals surface area contributed by atoms with Crippen molar-refractivity contribution in [1.82, 2.24) is 8.97 Å². The molecular weight excluding hydrogens is 675 g/mol. The number of hydrogen-bond donors (Lipinski definition) is 0. The fourth-order valence-corrected chi connectivity index (χ4v) is 9.28. The summed E-state index contributed by atoms with van der Waals surface area (Å²) in [5.74, 6) is 1.71. The number of pyridine rings is 1. The Labute approximate surface area is 337 Å². The van der Waals surface area contributed by atoms with Gasteiger partial charge in [0.25, 0.3) is 0 Å². The minimum absolute atomic E-state index is 0. The number of nitrogens with zero attached hydrogens (tertiary/aromatic N) is 3. The van der Waals surface area contributed by atoms with Gasteiger partial charge in [-0.1, -0.05) is 77.9 Å². The molecule has 0 atom stereocenters. The third-order valence-electron chi connectivity index (χ3n) is 12.5. The Kier molecular flexibility index (Phi) is 15.0. The minimum Gasteiger partial charge on any atom is -0.454 e. The van der Waals surface area contributed by atoms with E-state index >= 15 is 0 Å². The van der Waals surface area contributed by atoms with Gasteiger partial charge in [0.2, 0.25) is 6.79 Å². The van der Waals surface area contributed by atoms with Crippen LogP contribution in [0.5, 0.6) is 11.5 Å². The van der Waals surface area contributed by atoms with E-state index in [0.717, 1.165) is 22.5 Å². The molecule has 5 heteroatoms. The molecule has 5 aliphatic rings. The standard InChI is InChI=1S/C18H28N.C14H20N.C8H8O2.C7H10N.2CH4.CH3/c1-13-11-14-16-15(12-13)18(4,5)8-10-19(16,6)9-7-17(14,2)3;1-11-9-12-5-3-7-15(2)8-4-6-13(10-11)14(12)15;1-6-2-3-7-8(4-6)10-5-9-7;1-2-8-6-4-3-5-7-8;;;/h11-12H,7-10H2,1-6H3;9-10H,3-8H2,1-2H3;2-4H,5H2,1H3;3-7H,2H2,1H3;2*1H4;1H3/q2*+1;;+1;;;-1. The molecule has 4 aromatic rings. The van der Waals surface area contributed by atoms with Gasteiger partial charge >= 0.3 is 0 Å². The van der Waals surface area contributed by atoms with Crippen molar-refractivity contribution in [1.29, 1.82) is 0 Å². The Morgan fingerprint density at radius 1 is 0.618 bits per heavy atom. The van der Waals surface area contributed by atoms with Crippen molar-refractivity contribution in [3.8, 4) is 11.5 Å². The second kappa shape index (κ2) is 18.1. The molecule has 0 radical (unpaired) electrons. The molecule has 0 aliphatic carbocycles. The van der Waals surface area contributed by atoms with Crippen LogP contribution in [0.15, 0.2) is 73.1 Å². The molecule has 1 aromatic heterocycles. The van der Waals surface area contributed by atoms with Crippen molar-refractivity contribution in [3.63, 3.8) is 0 Å². The maximum Gasteiger partial charge on any atom is 0.231 e. The summed E-state index contributed by atoms with van der Waals surface area (Å²) in [5.41, 5.74) is 14.6. The number of hydrogen-bond acceptors (Lipinski definition) is 2. The largest absolute Gasteiger partial charge is 0.454 e. The maximum absolute atomic E-state index is 5.16. The van der Waals surface area contributed by atoms with Gasteiger partial charge in [0.1, 0.15) is 17.9 Å². The normalized spacial score (nSPS) is 18.8. The van der Waals surface area contributed by atoms with Gasteiger partial charge in [0, 0.05) is 70.9 Å². The molecule has 55 heavy (non-hydrogen) atoms. The molecule has 0 spiro atoms. The summed E-state index contributed by atoms with van der Waals surface area (Å²) in [6.45, 7) is 25.1. The van der Waals surface area contributed by atoms with Crippen LogP contribution in [0.3, 0.4) is 0 Å². The number of ether oxygens (including phenoxy) is 2. The van der Waals surface area contributed by atoms with Crippen LogP contribution in [-0.2, 0) is 30.2 Å². The Morgan fingerprint density at radius 3 is 1.62 bits per heavy atom. The van der Waals surface area contributed by atoms with Gasteiger partial charge < -0.3 is 16.9 Å². The Balaban J connectivity index is 0.000000203. The van der Waals surface area contributed by atoms with Gasteiger partial charge in [0.15, 0.2) is 23.9 Å². The van der Waals surface area contributed by atoms with Crippen LogP contribution in [0.2, 0.25) is 0 Å². The van der Waals surface area contributed by atoms with Crippen LogP contribution in [0.25, 0.3) is 0 Å². The molecule has 0 amide bonds. The van der Waals surface area contributed by atoms with Gasteiger partial charge in [0.05, 0.1) is 40.3 Å². The van der Waals surface area contributed by atoms with E-state index in [-0.39, 0.29) is 22.3 Å². The number of aromatic nitrogens is 1. The quantitative estimate of drug-likeness (QED) is 0.110. The first-order chi connectivity index (χ1) is 24.6. The van der Waals surface area contributed by atoms with Crippen LogP contribution in [0, 0.1) is 28.2 Å². The molecule has 0 unspecified atom stereocenters.